The van der Waals surface area contributed by atoms with Gasteiger partial charge in [0.1, 0.15) is 5.76 Å². The molecule has 3 atom stereocenters. The van der Waals surface area contributed by atoms with E-state index >= 15 is 0 Å². The Hall–Kier alpha value is -1.53. The van der Waals surface area contributed by atoms with E-state index in [1.165, 1.54) is 31.7 Å². The van der Waals surface area contributed by atoms with Crippen LogP contribution in [0.5, 0.6) is 11.5 Å². The van der Waals surface area contributed by atoms with Crippen molar-refractivity contribution < 1.29 is 23.4 Å². The standard InChI is InChI=1S/C22H32O5S/c1-5-6-7-10-22(3,4)14-9-8-13(2)19-15(11-14)16-12-17(23)18(24)21(28(25)26)20(16)27-19/h12-14,23-24H,5-11H2,1-4H3,(H,25,26)/t13?,14-/m0/s1. The highest BCUT2D eigenvalue weighted by Gasteiger charge is 2.36. The molecule has 0 spiro atoms. The lowest BCUT2D eigenvalue weighted by molar-refractivity contribution is 0.175. The van der Waals surface area contributed by atoms with Crippen molar-refractivity contribution in [3.05, 3.63) is 17.4 Å². The van der Waals surface area contributed by atoms with Crippen LogP contribution in [0.4, 0.5) is 0 Å². The summed E-state index contributed by atoms with van der Waals surface area (Å²) in [5.41, 5.74) is 1.41. The minimum absolute atomic E-state index is 0.182. The minimum atomic E-state index is -2.45. The molecule has 6 heteroatoms. The van der Waals surface area contributed by atoms with E-state index in [1.54, 1.807) is 0 Å². The van der Waals surface area contributed by atoms with Crippen LogP contribution in [0.25, 0.3) is 11.0 Å². The molecule has 0 bridgehead atoms. The lowest BCUT2D eigenvalue weighted by Gasteiger charge is -2.34. The number of rotatable bonds is 6. The van der Waals surface area contributed by atoms with E-state index in [4.69, 9.17) is 4.42 Å². The summed E-state index contributed by atoms with van der Waals surface area (Å²) in [6.07, 6.45) is 7.75. The molecule has 2 aromatic rings. The number of fused-ring (bicyclic) bond motifs is 3. The second kappa shape index (κ2) is 8.07. The predicted molar refractivity (Wildman–Crippen MR) is 111 cm³/mol. The predicted octanol–water partition coefficient (Wildman–Crippen LogP) is 6.09. The molecule has 1 aliphatic rings. The third kappa shape index (κ3) is 3.81. The van der Waals surface area contributed by atoms with Crippen LogP contribution < -0.4 is 0 Å². The summed E-state index contributed by atoms with van der Waals surface area (Å²) in [7, 11) is 0. The molecule has 1 aromatic heterocycles. The van der Waals surface area contributed by atoms with Gasteiger partial charge in [0.15, 0.2) is 33.1 Å². The zero-order valence-electron chi connectivity index (χ0n) is 17.2. The van der Waals surface area contributed by atoms with Crippen LogP contribution in [-0.2, 0) is 17.5 Å². The Morgan fingerprint density at radius 3 is 2.61 bits per heavy atom. The first-order chi connectivity index (χ1) is 13.2. The SMILES string of the molecule is CCCCCC(C)(C)[C@H]1CCC(C)c2oc3c(S(=O)O)c(O)c(O)cc3c2C1. The molecule has 0 saturated heterocycles. The summed E-state index contributed by atoms with van der Waals surface area (Å²) in [5, 5.41) is 20.9. The molecule has 0 amide bonds. The summed E-state index contributed by atoms with van der Waals surface area (Å²) in [6, 6.07) is 1.47. The van der Waals surface area contributed by atoms with Crippen LogP contribution in [0.1, 0.15) is 83.5 Å². The first kappa shape index (κ1) is 21.2. The zero-order chi connectivity index (χ0) is 20.6. The number of phenolic OH excluding ortho intramolecular Hbond substituents is 2. The van der Waals surface area contributed by atoms with Gasteiger partial charge in [-0.3, -0.25) is 0 Å². The van der Waals surface area contributed by atoms with Crippen molar-refractivity contribution in [2.75, 3.05) is 0 Å². The Kier molecular flexibility index (Phi) is 6.11. The fourth-order valence-electron chi connectivity index (χ4n) is 4.65. The molecule has 0 aliphatic heterocycles. The van der Waals surface area contributed by atoms with Crippen LogP contribution >= 0.6 is 0 Å². The number of unbranched alkanes of at least 4 members (excludes halogenated alkanes) is 2. The highest BCUT2D eigenvalue weighted by molar-refractivity contribution is 7.79. The largest absolute Gasteiger partial charge is 0.504 e. The van der Waals surface area contributed by atoms with E-state index in [9.17, 15) is 19.0 Å². The van der Waals surface area contributed by atoms with E-state index in [1.807, 2.05) is 0 Å². The van der Waals surface area contributed by atoms with Gasteiger partial charge in [0.05, 0.1) is 0 Å². The van der Waals surface area contributed by atoms with Gasteiger partial charge in [-0.05, 0) is 43.1 Å². The third-order valence-corrected chi connectivity index (χ3v) is 7.30. The van der Waals surface area contributed by atoms with Gasteiger partial charge in [-0.1, -0.05) is 47.0 Å². The second-order valence-corrected chi connectivity index (χ2v) is 9.88. The van der Waals surface area contributed by atoms with E-state index < -0.39 is 16.8 Å². The molecule has 2 unspecified atom stereocenters. The quantitative estimate of drug-likeness (QED) is 0.233. The molecule has 28 heavy (non-hydrogen) atoms. The lowest BCUT2D eigenvalue weighted by atomic mass is 9.71. The van der Waals surface area contributed by atoms with Crippen molar-refractivity contribution in [1.82, 2.24) is 0 Å². The van der Waals surface area contributed by atoms with Crippen LogP contribution in [0.3, 0.4) is 0 Å². The normalized spacial score (nSPS) is 21.5. The average molecular weight is 409 g/mol. The molecule has 3 N–H and O–H groups in total. The number of hydrogen-bond acceptors (Lipinski definition) is 4. The van der Waals surface area contributed by atoms with Crippen molar-refractivity contribution in [3.63, 3.8) is 0 Å². The van der Waals surface area contributed by atoms with E-state index in [0.717, 1.165) is 30.6 Å². The van der Waals surface area contributed by atoms with E-state index in [-0.39, 0.29) is 27.6 Å². The molecule has 5 nitrogen and oxygen atoms in total. The molecule has 1 heterocycles. The third-order valence-electron chi connectivity index (χ3n) is 6.57. The molecule has 1 aromatic carbocycles. The molecule has 1 aliphatic carbocycles. The van der Waals surface area contributed by atoms with Gasteiger partial charge in [-0.15, -0.1) is 0 Å². The molecule has 156 valence electrons. The summed E-state index contributed by atoms with van der Waals surface area (Å²) < 4.78 is 27.5. The molecular weight excluding hydrogens is 376 g/mol. The average Bonchev–Trinajstić information content (AvgIpc) is 2.87. The summed E-state index contributed by atoms with van der Waals surface area (Å²) in [4.78, 5) is -0.242. The first-order valence-electron chi connectivity index (χ1n) is 10.3. The van der Waals surface area contributed by atoms with Crippen LogP contribution in [0.15, 0.2) is 15.4 Å². The zero-order valence-corrected chi connectivity index (χ0v) is 18.1. The minimum Gasteiger partial charge on any atom is -0.504 e. The Balaban J connectivity index is 2.08. The second-order valence-electron chi connectivity index (χ2n) is 8.97. The number of aromatic hydroxyl groups is 2. The van der Waals surface area contributed by atoms with Crippen LogP contribution in [0.2, 0.25) is 0 Å². The van der Waals surface area contributed by atoms with Gasteiger partial charge in [0.2, 0.25) is 0 Å². The summed E-state index contributed by atoms with van der Waals surface area (Å²) >= 11 is -2.45. The number of benzene rings is 1. The fourth-order valence-corrected chi connectivity index (χ4v) is 5.23. The first-order valence-corrected chi connectivity index (χ1v) is 11.4. The van der Waals surface area contributed by atoms with Gasteiger partial charge in [0.25, 0.3) is 0 Å². The lowest BCUT2D eigenvalue weighted by Crippen LogP contribution is -2.25. The molecule has 0 fully saturated rings. The maximum Gasteiger partial charge on any atom is 0.194 e. The molecule has 0 saturated carbocycles. The molecule has 3 rings (SSSR count). The van der Waals surface area contributed by atoms with Crippen LogP contribution in [-0.4, -0.2) is 19.0 Å². The van der Waals surface area contributed by atoms with Gasteiger partial charge in [0, 0.05) is 16.9 Å². The van der Waals surface area contributed by atoms with Gasteiger partial charge >= 0.3 is 0 Å². The van der Waals surface area contributed by atoms with Crippen molar-refractivity contribution in [2.24, 2.45) is 11.3 Å². The van der Waals surface area contributed by atoms with Crippen molar-refractivity contribution >= 4 is 22.0 Å². The maximum atomic E-state index is 11.8. The maximum absolute atomic E-state index is 11.8. The Labute approximate surface area is 169 Å². The van der Waals surface area contributed by atoms with Gasteiger partial charge in [-0.2, -0.15) is 0 Å². The van der Waals surface area contributed by atoms with E-state index in [0.29, 0.717) is 11.3 Å². The van der Waals surface area contributed by atoms with Crippen molar-refractivity contribution in [2.45, 2.75) is 83.5 Å². The molecule has 0 radical (unpaired) electrons. The van der Waals surface area contributed by atoms with Gasteiger partial charge < -0.3 is 19.2 Å². The fraction of sp³-hybridized carbons (Fsp3) is 0.636. The number of phenols is 2. The monoisotopic (exact) mass is 408 g/mol. The highest BCUT2D eigenvalue weighted by Crippen LogP contribution is 2.48. The van der Waals surface area contributed by atoms with E-state index in [2.05, 4.69) is 27.7 Å². The van der Waals surface area contributed by atoms with Gasteiger partial charge in [-0.25, -0.2) is 4.21 Å². The Morgan fingerprint density at radius 1 is 1.25 bits per heavy atom. The molecular formula is C22H32O5S. The van der Waals surface area contributed by atoms with Crippen LogP contribution in [0, 0.1) is 11.3 Å². The smallest absolute Gasteiger partial charge is 0.194 e. The Morgan fingerprint density at radius 2 is 1.96 bits per heavy atom. The summed E-state index contributed by atoms with van der Waals surface area (Å²) in [6.45, 7) is 9.00. The topological polar surface area (TPSA) is 90.9 Å². The number of furan rings is 1. The highest BCUT2D eigenvalue weighted by atomic mass is 32.2. The Bertz CT molecular complexity index is 883. The van der Waals surface area contributed by atoms with Crippen molar-refractivity contribution in [3.8, 4) is 11.5 Å². The number of hydrogen-bond donors (Lipinski definition) is 3. The van der Waals surface area contributed by atoms with Crippen molar-refractivity contribution in [1.29, 1.82) is 0 Å². The summed E-state index contributed by atoms with van der Waals surface area (Å²) in [5.74, 6) is 0.500.